The van der Waals surface area contributed by atoms with Gasteiger partial charge in [-0.25, -0.2) is 13.6 Å². The van der Waals surface area contributed by atoms with Crippen molar-refractivity contribution in [1.29, 1.82) is 0 Å². The lowest BCUT2D eigenvalue weighted by molar-refractivity contribution is 0.598. The van der Waals surface area contributed by atoms with Crippen LogP contribution in [0.5, 0.6) is 0 Å². The molecule has 0 fully saturated rings. The summed E-state index contributed by atoms with van der Waals surface area (Å²) < 4.78 is 22.8. The smallest absolute Gasteiger partial charge is 0.238 e. The Morgan fingerprint density at radius 2 is 1.81 bits per heavy atom. The van der Waals surface area contributed by atoms with Crippen LogP contribution >= 0.6 is 0 Å². The van der Waals surface area contributed by atoms with Crippen LogP contribution in [-0.2, 0) is 10.0 Å². The molecule has 3 N–H and O–H groups in total. The Hall–Kier alpha value is -1.85. The maximum Gasteiger partial charge on any atom is 0.238 e. The molecule has 5 heteroatoms. The molecular weight excluding hydrogens is 284 g/mol. The molecule has 0 aliphatic rings. The van der Waals surface area contributed by atoms with Gasteiger partial charge in [-0.1, -0.05) is 29.8 Å². The van der Waals surface area contributed by atoms with Crippen molar-refractivity contribution in [3.8, 4) is 0 Å². The molecule has 0 aromatic heterocycles. The number of benzene rings is 2. The highest BCUT2D eigenvalue weighted by atomic mass is 32.2. The van der Waals surface area contributed by atoms with Gasteiger partial charge in [-0.15, -0.1) is 0 Å². The predicted octanol–water partition coefficient (Wildman–Crippen LogP) is 3.12. The maximum absolute atomic E-state index is 11.4. The predicted molar refractivity (Wildman–Crippen MR) is 85.8 cm³/mol. The molecule has 1 unspecified atom stereocenters. The molecule has 21 heavy (non-hydrogen) atoms. The van der Waals surface area contributed by atoms with Crippen molar-refractivity contribution in [3.05, 3.63) is 59.2 Å². The summed E-state index contributed by atoms with van der Waals surface area (Å²) >= 11 is 0. The normalized spacial score (nSPS) is 13.0. The lowest BCUT2D eigenvalue weighted by Crippen LogP contribution is -2.13. The first-order chi connectivity index (χ1) is 9.77. The highest BCUT2D eigenvalue weighted by molar-refractivity contribution is 7.89. The minimum absolute atomic E-state index is 0.0707. The monoisotopic (exact) mass is 304 g/mol. The molecule has 0 aliphatic carbocycles. The zero-order chi connectivity index (χ0) is 15.6. The van der Waals surface area contributed by atoms with Crippen molar-refractivity contribution in [1.82, 2.24) is 0 Å². The minimum atomic E-state index is -3.68. The second-order valence-electron chi connectivity index (χ2n) is 5.30. The quantitative estimate of drug-likeness (QED) is 0.911. The summed E-state index contributed by atoms with van der Waals surface area (Å²) in [7, 11) is -3.68. The van der Waals surface area contributed by atoms with Gasteiger partial charge in [0.1, 0.15) is 0 Å². The van der Waals surface area contributed by atoms with E-state index in [0.29, 0.717) is 0 Å². The largest absolute Gasteiger partial charge is 0.378 e. The van der Waals surface area contributed by atoms with E-state index < -0.39 is 10.0 Å². The van der Waals surface area contributed by atoms with Crippen molar-refractivity contribution in [2.75, 3.05) is 5.32 Å². The van der Waals surface area contributed by atoms with Crippen LogP contribution in [0.25, 0.3) is 0 Å². The summed E-state index contributed by atoms with van der Waals surface area (Å²) in [5.74, 6) is 0. The van der Waals surface area contributed by atoms with Gasteiger partial charge in [0.2, 0.25) is 10.0 Å². The Kier molecular flexibility index (Phi) is 4.34. The molecule has 0 heterocycles. The summed E-state index contributed by atoms with van der Waals surface area (Å²) in [6.07, 6.45) is 0. The van der Waals surface area contributed by atoms with Crippen LogP contribution in [0.3, 0.4) is 0 Å². The summed E-state index contributed by atoms with van der Waals surface area (Å²) in [4.78, 5) is 0.111. The van der Waals surface area contributed by atoms with E-state index in [0.717, 1.165) is 5.69 Å². The molecule has 0 spiro atoms. The van der Waals surface area contributed by atoms with Crippen LogP contribution in [0.1, 0.15) is 29.7 Å². The van der Waals surface area contributed by atoms with E-state index in [2.05, 4.69) is 37.4 Å². The SMILES string of the molecule is Cc1ccc(C(C)Nc2cccc(S(N)(=O)=O)c2)c(C)c1. The lowest BCUT2D eigenvalue weighted by atomic mass is 10.00. The average molecular weight is 304 g/mol. The molecule has 0 bridgehead atoms. The Balaban J connectivity index is 2.25. The molecule has 0 saturated heterocycles. The molecule has 0 saturated carbocycles. The fourth-order valence-electron chi connectivity index (χ4n) is 2.40. The number of aryl methyl sites for hydroxylation is 2. The molecule has 2 rings (SSSR count). The van der Waals surface area contributed by atoms with Crippen LogP contribution in [0.15, 0.2) is 47.4 Å². The number of primary sulfonamides is 1. The zero-order valence-corrected chi connectivity index (χ0v) is 13.2. The van der Waals surface area contributed by atoms with E-state index in [1.807, 2.05) is 13.0 Å². The summed E-state index contributed by atoms with van der Waals surface area (Å²) in [6.45, 7) is 6.17. The van der Waals surface area contributed by atoms with Crippen LogP contribution < -0.4 is 10.5 Å². The standard InChI is InChI=1S/C16H20N2O2S/c1-11-7-8-16(12(2)9-11)13(3)18-14-5-4-6-15(10-14)21(17,19)20/h4-10,13,18H,1-3H3,(H2,17,19,20). The van der Waals surface area contributed by atoms with Crippen molar-refractivity contribution in [3.63, 3.8) is 0 Å². The first-order valence-corrected chi connectivity index (χ1v) is 8.28. The molecule has 112 valence electrons. The highest BCUT2D eigenvalue weighted by Gasteiger charge is 2.11. The summed E-state index contributed by atoms with van der Waals surface area (Å²) in [6, 6.07) is 12.9. The number of rotatable bonds is 4. The lowest BCUT2D eigenvalue weighted by Gasteiger charge is -2.18. The maximum atomic E-state index is 11.4. The molecular formula is C16H20N2O2S. The number of hydrogen-bond acceptors (Lipinski definition) is 3. The van der Waals surface area contributed by atoms with E-state index in [1.165, 1.54) is 22.8 Å². The van der Waals surface area contributed by atoms with Crippen LogP contribution in [-0.4, -0.2) is 8.42 Å². The van der Waals surface area contributed by atoms with E-state index >= 15 is 0 Å². The van der Waals surface area contributed by atoms with Gasteiger partial charge in [-0.2, -0.15) is 0 Å². The Morgan fingerprint density at radius 3 is 2.43 bits per heavy atom. The summed E-state index contributed by atoms with van der Waals surface area (Å²) in [5.41, 5.74) is 4.34. The van der Waals surface area contributed by atoms with Crippen molar-refractivity contribution in [2.24, 2.45) is 5.14 Å². The van der Waals surface area contributed by atoms with Gasteiger partial charge in [0.25, 0.3) is 0 Å². The second kappa shape index (κ2) is 5.87. The van der Waals surface area contributed by atoms with Gasteiger partial charge in [0.05, 0.1) is 4.90 Å². The van der Waals surface area contributed by atoms with Gasteiger partial charge in [0.15, 0.2) is 0 Å². The Labute approximate surface area is 126 Å². The van der Waals surface area contributed by atoms with Gasteiger partial charge < -0.3 is 5.32 Å². The number of sulfonamides is 1. The van der Waals surface area contributed by atoms with Gasteiger partial charge in [-0.3, -0.25) is 0 Å². The van der Waals surface area contributed by atoms with E-state index in [1.54, 1.807) is 12.1 Å². The Bertz CT molecular complexity index is 755. The third-order valence-electron chi connectivity index (χ3n) is 3.44. The molecule has 0 radical (unpaired) electrons. The molecule has 2 aromatic carbocycles. The van der Waals surface area contributed by atoms with E-state index in [-0.39, 0.29) is 10.9 Å². The molecule has 4 nitrogen and oxygen atoms in total. The fraction of sp³-hybridized carbons (Fsp3) is 0.250. The van der Waals surface area contributed by atoms with Gasteiger partial charge >= 0.3 is 0 Å². The minimum Gasteiger partial charge on any atom is -0.378 e. The molecule has 1 atom stereocenters. The Morgan fingerprint density at radius 1 is 1.10 bits per heavy atom. The van der Waals surface area contributed by atoms with Crippen LogP contribution in [0.2, 0.25) is 0 Å². The number of nitrogens with two attached hydrogens (primary N) is 1. The fourth-order valence-corrected chi connectivity index (χ4v) is 2.96. The highest BCUT2D eigenvalue weighted by Crippen LogP contribution is 2.24. The summed E-state index contributed by atoms with van der Waals surface area (Å²) in [5, 5.41) is 8.46. The average Bonchev–Trinajstić information content (AvgIpc) is 2.37. The third-order valence-corrected chi connectivity index (χ3v) is 4.35. The topological polar surface area (TPSA) is 72.2 Å². The molecule has 0 aliphatic heterocycles. The van der Waals surface area contributed by atoms with Gasteiger partial charge in [-0.05, 0) is 50.1 Å². The van der Waals surface area contributed by atoms with E-state index in [4.69, 9.17) is 5.14 Å². The number of anilines is 1. The van der Waals surface area contributed by atoms with Crippen molar-refractivity contribution >= 4 is 15.7 Å². The molecule has 2 aromatic rings. The van der Waals surface area contributed by atoms with Crippen molar-refractivity contribution < 1.29 is 8.42 Å². The molecule has 0 amide bonds. The zero-order valence-electron chi connectivity index (χ0n) is 12.4. The second-order valence-corrected chi connectivity index (χ2v) is 6.86. The van der Waals surface area contributed by atoms with Crippen molar-refractivity contribution in [2.45, 2.75) is 31.7 Å². The number of nitrogens with one attached hydrogen (secondary N) is 1. The van der Waals surface area contributed by atoms with Gasteiger partial charge in [0, 0.05) is 11.7 Å². The number of hydrogen-bond donors (Lipinski definition) is 2. The van der Waals surface area contributed by atoms with Crippen LogP contribution in [0, 0.1) is 13.8 Å². The van der Waals surface area contributed by atoms with E-state index in [9.17, 15) is 8.42 Å². The van der Waals surface area contributed by atoms with Crippen LogP contribution in [0.4, 0.5) is 5.69 Å². The third kappa shape index (κ3) is 3.83. The first kappa shape index (κ1) is 15.5. The first-order valence-electron chi connectivity index (χ1n) is 6.74.